The summed E-state index contributed by atoms with van der Waals surface area (Å²) in [4.78, 5) is 0. The highest BCUT2D eigenvalue weighted by Crippen LogP contribution is 2.50. The SMILES string of the molecule is CC(C)(C)c1ccc2c(c1)c1c3n2-c2c4c5c(c6c2B(C=3CC(C(C)(C)C)C=1)c1cc(Oc2ccccc2)ccc1O6)-n1c2ccc(C(C)(C)C)cc2c2cc(C(C)(C)C)cc(c21)B5c1cc(Oc2ccccc2)ccc1O4. The van der Waals surface area contributed by atoms with E-state index in [0.29, 0.717) is 0 Å². The number of ether oxygens (including phenoxy) is 4. The summed E-state index contributed by atoms with van der Waals surface area (Å²) in [5, 5.41) is 6.34. The fraction of sp³-hybridized carbons (Fsp3) is 0.257. The Kier molecular flexibility index (Phi) is 9.66. The van der Waals surface area contributed by atoms with Gasteiger partial charge in [0.25, 0.3) is 13.4 Å². The van der Waals surface area contributed by atoms with Crippen LogP contribution in [0, 0.1) is 11.3 Å². The first-order chi connectivity index (χ1) is 37.2. The van der Waals surface area contributed by atoms with Crippen LogP contribution in [0.4, 0.5) is 0 Å². The molecule has 0 bridgehead atoms. The fourth-order valence-corrected chi connectivity index (χ4v) is 13.6. The minimum absolute atomic E-state index is 0.0156. The summed E-state index contributed by atoms with van der Waals surface area (Å²) in [6.07, 6.45) is 3.50. The summed E-state index contributed by atoms with van der Waals surface area (Å²) in [6, 6.07) is 52.5. The maximum atomic E-state index is 7.82. The number of hydrogen-bond donors (Lipinski definition) is 0. The largest absolute Gasteiger partial charge is 0.457 e. The molecule has 1 atom stereocenters. The number of hydrogen-bond acceptors (Lipinski definition) is 4. The van der Waals surface area contributed by atoms with Crippen LogP contribution in [0.5, 0.6) is 46.0 Å². The Labute approximate surface area is 458 Å². The maximum Gasteiger partial charge on any atom is 0.256 e. The first-order valence-corrected chi connectivity index (χ1v) is 28.1. The lowest BCUT2D eigenvalue weighted by Crippen LogP contribution is -2.63. The van der Waals surface area contributed by atoms with Gasteiger partial charge in [-0.05, 0) is 158 Å². The second kappa shape index (κ2) is 15.9. The van der Waals surface area contributed by atoms with Gasteiger partial charge >= 0.3 is 0 Å². The maximum absolute atomic E-state index is 7.82. The summed E-state index contributed by atoms with van der Waals surface area (Å²) in [7, 11) is 0. The average molecular weight is 1020 g/mol. The number of fused-ring (bicyclic) bond motifs is 16. The summed E-state index contributed by atoms with van der Waals surface area (Å²) >= 11 is 0. The van der Waals surface area contributed by atoms with Crippen molar-refractivity contribution in [1.29, 1.82) is 0 Å². The molecule has 8 aromatic carbocycles. The van der Waals surface area contributed by atoms with E-state index in [2.05, 4.69) is 183 Å². The summed E-state index contributed by atoms with van der Waals surface area (Å²) < 4.78 is 34.3. The number of benzene rings is 8. The monoisotopic (exact) mass is 1020 g/mol. The molecule has 0 spiro atoms. The van der Waals surface area contributed by atoms with Gasteiger partial charge < -0.3 is 28.1 Å². The molecule has 6 nitrogen and oxygen atoms in total. The van der Waals surface area contributed by atoms with Crippen molar-refractivity contribution in [2.24, 2.45) is 11.3 Å². The Morgan fingerprint density at radius 1 is 0.462 bits per heavy atom. The van der Waals surface area contributed by atoms with Gasteiger partial charge in [0.05, 0.1) is 22.4 Å². The second-order valence-electron chi connectivity index (χ2n) is 27.0. The van der Waals surface area contributed by atoms with E-state index in [4.69, 9.17) is 18.9 Å². The lowest BCUT2D eigenvalue weighted by molar-refractivity contribution is 0.313. The Balaban J connectivity index is 1.13. The highest BCUT2D eigenvalue weighted by molar-refractivity contribution is 7.02. The van der Waals surface area contributed by atoms with Gasteiger partial charge in [-0.25, -0.2) is 0 Å². The van der Waals surface area contributed by atoms with E-state index < -0.39 is 0 Å². The molecule has 0 radical (unpaired) electrons. The van der Waals surface area contributed by atoms with Crippen LogP contribution in [0.15, 0.2) is 146 Å². The minimum Gasteiger partial charge on any atom is -0.457 e. The molecule has 384 valence electrons. The van der Waals surface area contributed by atoms with Gasteiger partial charge in [0.15, 0.2) is 0 Å². The van der Waals surface area contributed by atoms with Crippen molar-refractivity contribution < 1.29 is 18.9 Å². The molecule has 0 saturated heterocycles. The molecule has 78 heavy (non-hydrogen) atoms. The van der Waals surface area contributed by atoms with Gasteiger partial charge in [-0.15, -0.1) is 0 Å². The molecule has 6 heterocycles. The predicted molar refractivity (Wildman–Crippen MR) is 324 cm³/mol. The third-order valence-electron chi connectivity index (χ3n) is 17.8. The quantitative estimate of drug-likeness (QED) is 0.165. The van der Waals surface area contributed by atoms with Crippen LogP contribution >= 0.6 is 0 Å². The zero-order valence-electron chi connectivity index (χ0n) is 46.9. The van der Waals surface area contributed by atoms with E-state index >= 15 is 0 Å². The van der Waals surface area contributed by atoms with Crippen LogP contribution in [0.2, 0.25) is 0 Å². The molecule has 2 aromatic heterocycles. The van der Waals surface area contributed by atoms with E-state index in [1.165, 1.54) is 65.4 Å². The average Bonchev–Trinajstić information content (AvgIpc) is 3.70. The second-order valence-corrected chi connectivity index (χ2v) is 27.0. The van der Waals surface area contributed by atoms with Gasteiger partial charge in [0.1, 0.15) is 46.0 Å². The lowest BCUT2D eigenvalue weighted by atomic mass is 9.31. The smallest absolute Gasteiger partial charge is 0.256 e. The van der Waals surface area contributed by atoms with Gasteiger partial charge in [-0.2, -0.15) is 0 Å². The van der Waals surface area contributed by atoms with Crippen molar-refractivity contribution in [2.45, 2.75) is 106 Å². The van der Waals surface area contributed by atoms with Crippen LogP contribution in [0.3, 0.4) is 0 Å². The van der Waals surface area contributed by atoms with E-state index in [-0.39, 0.29) is 41.0 Å². The molecule has 0 saturated carbocycles. The zero-order valence-corrected chi connectivity index (χ0v) is 46.9. The van der Waals surface area contributed by atoms with Crippen LogP contribution in [-0.4, -0.2) is 22.6 Å². The summed E-state index contributed by atoms with van der Waals surface area (Å²) in [5.41, 5.74) is 16.3. The first kappa shape index (κ1) is 47.4. The predicted octanol–water partition coefficient (Wildman–Crippen LogP) is 13.4. The van der Waals surface area contributed by atoms with Crippen molar-refractivity contribution in [1.82, 2.24) is 9.13 Å². The molecule has 0 fully saturated rings. The van der Waals surface area contributed by atoms with Crippen molar-refractivity contribution in [2.75, 3.05) is 0 Å². The topological polar surface area (TPSA) is 46.8 Å². The zero-order chi connectivity index (χ0) is 53.7. The van der Waals surface area contributed by atoms with E-state index in [1.807, 2.05) is 60.7 Å². The molecule has 5 aliphatic rings. The Bertz CT molecular complexity index is 4410. The van der Waals surface area contributed by atoms with Crippen molar-refractivity contribution in [3.63, 3.8) is 0 Å². The lowest BCUT2D eigenvalue weighted by Gasteiger charge is -2.42. The van der Waals surface area contributed by atoms with E-state index in [9.17, 15) is 0 Å². The van der Waals surface area contributed by atoms with Gasteiger partial charge in [0.2, 0.25) is 0 Å². The molecule has 15 rings (SSSR count). The third kappa shape index (κ3) is 6.83. The number of aromatic nitrogens is 2. The summed E-state index contributed by atoms with van der Waals surface area (Å²) in [5.74, 6) is 6.81. The molecule has 8 heteroatoms. The van der Waals surface area contributed by atoms with Crippen molar-refractivity contribution in [3.05, 3.63) is 173 Å². The molecule has 1 aliphatic carbocycles. The Morgan fingerprint density at radius 3 is 1.51 bits per heavy atom. The van der Waals surface area contributed by atoms with Crippen LogP contribution < -0.4 is 56.8 Å². The Hall–Kier alpha value is -7.83. The number of rotatable bonds is 4. The van der Waals surface area contributed by atoms with Gasteiger partial charge in [-0.1, -0.05) is 149 Å². The fourth-order valence-electron chi connectivity index (χ4n) is 13.6. The Morgan fingerprint density at radius 2 is 0.962 bits per heavy atom. The molecular formula is C70H64B2N2O4. The number of para-hydroxylation sites is 2. The molecule has 4 aliphatic heterocycles. The molecule has 0 N–H and O–H groups in total. The minimum atomic E-state index is -0.249. The van der Waals surface area contributed by atoms with Crippen LogP contribution in [0.25, 0.3) is 55.6 Å². The van der Waals surface area contributed by atoms with Crippen molar-refractivity contribution in [3.8, 4) is 57.4 Å². The molecule has 1 unspecified atom stereocenters. The first-order valence-electron chi connectivity index (χ1n) is 28.1. The highest BCUT2D eigenvalue weighted by Gasteiger charge is 2.52. The van der Waals surface area contributed by atoms with Gasteiger partial charge in [-0.3, -0.25) is 0 Å². The van der Waals surface area contributed by atoms with Gasteiger partial charge in [0, 0.05) is 43.2 Å². The molecule has 10 aromatic rings. The number of nitrogens with zero attached hydrogens (tertiary/aromatic N) is 2. The van der Waals surface area contributed by atoms with Crippen LogP contribution in [0.1, 0.15) is 106 Å². The van der Waals surface area contributed by atoms with E-state index in [0.717, 1.165) is 91.2 Å². The van der Waals surface area contributed by atoms with Crippen LogP contribution in [-0.2, 0) is 16.2 Å². The normalized spacial score (nSPS) is 15.7. The highest BCUT2D eigenvalue weighted by atomic mass is 16.5. The van der Waals surface area contributed by atoms with E-state index in [1.54, 1.807) is 0 Å². The summed E-state index contributed by atoms with van der Waals surface area (Å²) in [6.45, 7) is 27.7. The van der Waals surface area contributed by atoms with Crippen molar-refractivity contribution >= 4 is 85.0 Å². The third-order valence-corrected chi connectivity index (χ3v) is 17.8. The molecular weight excluding hydrogens is 954 g/mol. The standard InChI is InChI=1S/C70H64B2N2O4/c1-67(2,3)39-23-27-55-47(31-39)49-33-41(69(7,8)9)35-53-61(49)73(55)63-59-66(78-57-29-25-45(37-51(57)71(53)59)75-43-19-15-13-16-20-43)64-60-65(63)77-58-30-26-46(76-44-21-17-14-18-22-44)38-52(58)72(60)54-36-42(70(10,11)12)34-50-48-32-40(68(4,5)6)24-28-56(48)74(64)62(50)54/h13-35,37-38,42H,36H2,1-12H3. The molecule has 0 amide bonds.